The zero-order chi connectivity index (χ0) is 10.9. The van der Waals surface area contributed by atoms with Crippen LogP contribution in [0.4, 0.5) is 0 Å². The Morgan fingerprint density at radius 1 is 1.00 bits per heavy atom. The molecule has 0 aliphatic heterocycles. The second kappa shape index (κ2) is 4.14. The number of rotatable bonds is 2. The highest BCUT2D eigenvalue weighted by Gasteiger charge is 2.13. The van der Waals surface area contributed by atoms with Crippen molar-refractivity contribution in [3.8, 4) is 0 Å². The van der Waals surface area contributed by atoms with Gasteiger partial charge in [0.25, 0.3) is 0 Å². The first-order valence-electron chi connectivity index (χ1n) is 5.17. The molecule has 0 aliphatic rings. The summed E-state index contributed by atoms with van der Waals surface area (Å²) in [6.07, 6.45) is 0. The molecule has 0 amide bonds. The fraction of sp³-hybridized carbons (Fsp3) is 0.538. The predicted molar refractivity (Wildman–Crippen MR) is 62.8 cm³/mol. The van der Waals surface area contributed by atoms with Crippen molar-refractivity contribution in [2.75, 3.05) is 14.1 Å². The summed E-state index contributed by atoms with van der Waals surface area (Å²) in [5.74, 6) is 0. The van der Waals surface area contributed by atoms with Crippen molar-refractivity contribution in [3.05, 3.63) is 34.4 Å². The highest BCUT2D eigenvalue weighted by Crippen LogP contribution is 2.25. The van der Waals surface area contributed by atoms with E-state index in [0.717, 1.165) is 0 Å². The molecule has 0 fully saturated rings. The summed E-state index contributed by atoms with van der Waals surface area (Å²) < 4.78 is 0. The quantitative estimate of drug-likeness (QED) is 0.693. The lowest BCUT2D eigenvalue weighted by molar-refractivity contribution is 0.319. The summed E-state index contributed by atoms with van der Waals surface area (Å²) in [7, 11) is 4.26. The molecule has 1 heteroatoms. The molecule has 0 heterocycles. The Morgan fingerprint density at radius 3 is 1.79 bits per heavy atom. The number of hydrogen-bond donors (Lipinski definition) is 0. The molecule has 78 valence electrons. The van der Waals surface area contributed by atoms with Crippen molar-refractivity contribution in [3.63, 3.8) is 0 Å². The lowest BCUT2D eigenvalue weighted by Crippen LogP contribution is -2.18. The summed E-state index contributed by atoms with van der Waals surface area (Å²) in [5, 5.41) is 0. The maximum atomic E-state index is 2.27. The number of benzene rings is 1. The van der Waals surface area contributed by atoms with Gasteiger partial charge in [0.05, 0.1) is 0 Å². The third kappa shape index (κ3) is 2.16. The summed E-state index contributed by atoms with van der Waals surface area (Å²) in [6, 6.07) is 5.03. The van der Waals surface area contributed by atoms with Crippen LogP contribution in [-0.4, -0.2) is 19.0 Å². The van der Waals surface area contributed by atoms with Gasteiger partial charge in [0, 0.05) is 6.04 Å². The van der Waals surface area contributed by atoms with Crippen LogP contribution in [-0.2, 0) is 0 Å². The summed E-state index contributed by atoms with van der Waals surface area (Å²) in [4.78, 5) is 2.25. The van der Waals surface area contributed by atoms with E-state index in [1.54, 1.807) is 0 Å². The lowest BCUT2D eigenvalue weighted by atomic mass is 9.94. The van der Waals surface area contributed by atoms with Crippen LogP contribution in [0.25, 0.3) is 0 Å². The van der Waals surface area contributed by atoms with Crippen LogP contribution in [0, 0.1) is 20.8 Å². The van der Waals surface area contributed by atoms with E-state index in [1.165, 1.54) is 22.3 Å². The minimum atomic E-state index is 0.496. The smallest absolute Gasteiger partial charge is 0.0319 e. The van der Waals surface area contributed by atoms with E-state index < -0.39 is 0 Å². The monoisotopic (exact) mass is 191 g/mol. The van der Waals surface area contributed by atoms with Gasteiger partial charge in [-0.15, -0.1) is 0 Å². The van der Waals surface area contributed by atoms with E-state index in [9.17, 15) is 0 Å². The fourth-order valence-electron chi connectivity index (χ4n) is 2.11. The van der Waals surface area contributed by atoms with E-state index in [1.807, 2.05) is 0 Å². The summed E-state index contributed by atoms with van der Waals surface area (Å²) in [5.41, 5.74) is 5.64. The molecular formula is C13H21N. The van der Waals surface area contributed by atoms with Gasteiger partial charge in [-0.3, -0.25) is 0 Å². The standard InChI is InChI=1S/C13H21N/c1-9-7-10(2)13(11(3)8-9)12(4)14(5)6/h7-8,12H,1-6H3. The van der Waals surface area contributed by atoms with Crippen molar-refractivity contribution >= 4 is 0 Å². The average Bonchev–Trinajstić information content (AvgIpc) is 2.01. The molecular weight excluding hydrogens is 170 g/mol. The fourth-order valence-corrected chi connectivity index (χ4v) is 2.11. The van der Waals surface area contributed by atoms with E-state index in [-0.39, 0.29) is 0 Å². The van der Waals surface area contributed by atoms with E-state index in [2.05, 4.69) is 58.8 Å². The maximum absolute atomic E-state index is 2.27. The van der Waals surface area contributed by atoms with Gasteiger partial charge in [-0.2, -0.15) is 0 Å². The first-order valence-corrected chi connectivity index (χ1v) is 5.17. The molecule has 0 spiro atoms. The molecule has 0 aromatic heterocycles. The minimum absolute atomic E-state index is 0.496. The van der Waals surface area contributed by atoms with E-state index in [0.29, 0.717) is 6.04 Å². The van der Waals surface area contributed by atoms with Crippen molar-refractivity contribution in [2.24, 2.45) is 0 Å². The molecule has 0 N–H and O–H groups in total. The topological polar surface area (TPSA) is 3.24 Å². The van der Waals surface area contributed by atoms with Crippen LogP contribution >= 0.6 is 0 Å². The van der Waals surface area contributed by atoms with Crippen LogP contribution in [0.3, 0.4) is 0 Å². The van der Waals surface area contributed by atoms with E-state index >= 15 is 0 Å². The number of aryl methyl sites for hydroxylation is 3. The second-order valence-corrected chi connectivity index (χ2v) is 4.45. The SMILES string of the molecule is Cc1cc(C)c(C(C)N(C)C)c(C)c1. The minimum Gasteiger partial charge on any atom is -0.303 e. The van der Waals surface area contributed by atoms with Gasteiger partial charge in [0.15, 0.2) is 0 Å². The third-order valence-electron chi connectivity index (χ3n) is 2.93. The Hall–Kier alpha value is -0.820. The van der Waals surface area contributed by atoms with Crippen LogP contribution in [0.5, 0.6) is 0 Å². The average molecular weight is 191 g/mol. The number of hydrogen-bond acceptors (Lipinski definition) is 1. The molecule has 1 rings (SSSR count). The van der Waals surface area contributed by atoms with Gasteiger partial charge >= 0.3 is 0 Å². The molecule has 14 heavy (non-hydrogen) atoms. The van der Waals surface area contributed by atoms with Crippen LogP contribution in [0.15, 0.2) is 12.1 Å². The molecule has 1 aromatic carbocycles. The molecule has 0 saturated carbocycles. The Morgan fingerprint density at radius 2 is 1.43 bits per heavy atom. The zero-order valence-electron chi connectivity index (χ0n) is 10.2. The molecule has 0 radical (unpaired) electrons. The lowest BCUT2D eigenvalue weighted by Gasteiger charge is -2.24. The molecule has 0 bridgehead atoms. The third-order valence-corrected chi connectivity index (χ3v) is 2.93. The Balaban J connectivity index is 3.20. The van der Waals surface area contributed by atoms with Crippen LogP contribution < -0.4 is 0 Å². The molecule has 0 aliphatic carbocycles. The van der Waals surface area contributed by atoms with Crippen LogP contribution in [0.2, 0.25) is 0 Å². The van der Waals surface area contributed by atoms with Crippen molar-refractivity contribution in [2.45, 2.75) is 33.7 Å². The first kappa shape index (κ1) is 11.3. The van der Waals surface area contributed by atoms with Gasteiger partial charge in [0.2, 0.25) is 0 Å². The Kier molecular flexibility index (Phi) is 3.33. The first-order chi connectivity index (χ1) is 6.43. The molecule has 1 atom stereocenters. The van der Waals surface area contributed by atoms with Gasteiger partial charge in [-0.1, -0.05) is 17.7 Å². The molecule has 0 saturated heterocycles. The summed E-state index contributed by atoms with van der Waals surface area (Å²) >= 11 is 0. The van der Waals surface area contributed by atoms with Gasteiger partial charge < -0.3 is 4.90 Å². The number of nitrogens with zero attached hydrogens (tertiary/aromatic N) is 1. The Bertz CT molecular complexity index is 303. The van der Waals surface area contributed by atoms with Gasteiger partial charge in [0.1, 0.15) is 0 Å². The zero-order valence-corrected chi connectivity index (χ0v) is 10.2. The maximum Gasteiger partial charge on any atom is 0.0319 e. The van der Waals surface area contributed by atoms with Crippen molar-refractivity contribution in [1.29, 1.82) is 0 Å². The van der Waals surface area contributed by atoms with E-state index in [4.69, 9.17) is 0 Å². The highest BCUT2D eigenvalue weighted by molar-refractivity contribution is 5.39. The normalized spacial score (nSPS) is 13.4. The largest absolute Gasteiger partial charge is 0.303 e. The second-order valence-electron chi connectivity index (χ2n) is 4.45. The van der Waals surface area contributed by atoms with Gasteiger partial charge in [-0.05, 0) is 58.5 Å². The molecule has 1 nitrogen and oxygen atoms in total. The van der Waals surface area contributed by atoms with Crippen LogP contribution in [0.1, 0.15) is 35.2 Å². The summed E-state index contributed by atoms with van der Waals surface area (Å²) in [6.45, 7) is 8.82. The Labute approximate surface area is 87.7 Å². The van der Waals surface area contributed by atoms with Gasteiger partial charge in [-0.25, -0.2) is 0 Å². The highest BCUT2D eigenvalue weighted by atomic mass is 15.1. The van der Waals surface area contributed by atoms with Crippen molar-refractivity contribution in [1.82, 2.24) is 4.90 Å². The molecule has 1 unspecified atom stereocenters. The van der Waals surface area contributed by atoms with Crippen molar-refractivity contribution < 1.29 is 0 Å². The predicted octanol–water partition coefficient (Wildman–Crippen LogP) is 3.23. The molecule has 1 aromatic rings.